The molecule has 1 fully saturated rings. The molecule has 0 spiro atoms. The monoisotopic (exact) mass is 312 g/mol. The summed E-state index contributed by atoms with van der Waals surface area (Å²) in [4.78, 5) is 12.3. The third kappa shape index (κ3) is 3.81. The normalized spacial score (nSPS) is 18.7. The number of carbonyl (C=O) groups excluding carboxylic acids is 1. The van der Waals surface area contributed by atoms with E-state index >= 15 is 0 Å². The van der Waals surface area contributed by atoms with Crippen LogP contribution in [0.25, 0.3) is 0 Å². The predicted octanol–water partition coefficient (Wildman–Crippen LogP) is 0.669. The van der Waals surface area contributed by atoms with Crippen LogP contribution in [-0.4, -0.2) is 41.1 Å². The Balaban J connectivity index is 2.14. The molecule has 6 nitrogen and oxygen atoms in total. The Morgan fingerprint density at radius 3 is 2.81 bits per heavy atom. The summed E-state index contributed by atoms with van der Waals surface area (Å²) in [5.74, 6) is 0.0750. The van der Waals surface area contributed by atoms with Gasteiger partial charge in [-0.2, -0.15) is 0 Å². The lowest BCUT2D eigenvalue weighted by atomic mass is 10.1. The molecule has 1 aromatic rings. The second kappa shape index (κ2) is 6.55. The van der Waals surface area contributed by atoms with E-state index in [-0.39, 0.29) is 10.8 Å². The highest BCUT2D eigenvalue weighted by Crippen LogP contribution is 2.16. The number of benzene rings is 1. The molecular weight excluding hydrogens is 292 g/mol. The molecule has 0 bridgehead atoms. The van der Waals surface area contributed by atoms with E-state index in [0.29, 0.717) is 24.6 Å². The number of carbonyl (C=O) groups is 1. The fourth-order valence-corrected chi connectivity index (χ4v) is 2.96. The maximum absolute atomic E-state index is 12.2. The Kier molecular flexibility index (Phi) is 4.97. The lowest BCUT2D eigenvalue weighted by Gasteiger charge is -2.12. The van der Waals surface area contributed by atoms with Crippen molar-refractivity contribution in [2.24, 2.45) is 5.92 Å². The minimum Gasteiger partial charge on any atom is -0.381 e. The van der Waals surface area contributed by atoms with Crippen LogP contribution >= 0.6 is 0 Å². The number of nitrogens with one attached hydrogen (secondary N) is 2. The van der Waals surface area contributed by atoms with Gasteiger partial charge in [0.05, 0.1) is 11.5 Å². The zero-order valence-corrected chi connectivity index (χ0v) is 13.0. The summed E-state index contributed by atoms with van der Waals surface area (Å²) < 4.78 is 31.1. The van der Waals surface area contributed by atoms with Gasteiger partial charge >= 0.3 is 0 Å². The zero-order valence-electron chi connectivity index (χ0n) is 12.2. The van der Waals surface area contributed by atoms with Crippen LogP contribution in [0, 0.1) is 12.8 Å². The zero-order chi connectivity index (χ0) is 15.5. The number of hydrogen-bond acceptors (Lipinski definition) is 4. The number of sulfonamides is 1. The van der Waals surface area contributed by atoms with E-state index in [0.717, 1.165) is 18.6 Å². The Morgan fingerprint density at radius 2 is 2.19 bits per heavy atom. The first kappa shape index (κ1) is 15.9. The molecule has 0 saturated carbocycles. The maximum Gasteiger partial charge on any atom is 0.251 e. The average molecular weight is 312 g/mol. The third-order valence-electron chi connectivity index (χ3n) is 3.61. The van der Waals surface area contributed by atoms with E-state index in [9.17, 15) is 13.2 Å². The van der Waals surface area contributed by atoms with Gasteiger partial charge in [0.25, 0.3) is 5.91 Å². The molecule has 1 amide bonds. The van der Waals surface area contributed by atoms with E-state index in [1.165, 1.54) is 19.2 Å². The number of ether oxygens (including phenoxy) is 1. The van der Waals surface area contributed by atoms with Crippen molar-refractivity contribution in [1.29, 1.82) is 0 Å². The van der Waals surface area contributed by atoms with Gasteiger partial charge in [0, 0.05) is 24.6 Å². The summed E-state index contributed by atoms with van der Waals surface area (Å²) in [5, 5.41) is 2.84. The highest BCUT2D eigenvalue weighted by molar-refractivity contribution is 7.89. The first-order chi connectivity index (χ1) is 9.94. The SMILES string of the molecule is CNS(=O)(=O)c1ccc(C)c(C(=O)NCC2CCOC2)c1. The lowest BCUT2D eigenvalue weighted by molar-refractivity contribution is 0.0944. The number of rotatable bonds is 5. The van der Waals surface area contributed by atoms with Crippen LogP contribution in [0.4, 0.5) is 0 Å². The molecule has 2 N–H and O–H groups in total. The topological polar surface area (TPSA) is 84.5 Å². The number of amides is 1. The highest BCUT2D eigenvalue weighted by atomic mass is 32.2. The number of aryl methyl sites for hydroxylation is 1. The highest BCUT2D eigenvalue weighted by Gasteiger charge is 2.19. The average Bonchev–Trinajstić information content (AvgIpc) is 2.98. The molecule has 1 unspecified atom stereocenters. The molecule has 1 aromatic carbocycles. The summed E-state index contributed by atoms with van der Waals surface area (Å²) in [6.45, 7) is 3.72. The molecule has 21 heavy (non-hydrogen) atoms. The molecule has 7 heteroatoms. The van der Waals surface area contributed by atoms with Gasteiger partial charge in [-0.1, -0.05) is 6.07 Å². The molecule has 0 aromatic heterocycles. The molecule has 0 aliphatic carbocycles. The minimum absolute atomic E-state index is 0.0879. The predicted molar refractivity (Wildman–Crippen MR) is 78.7 cm³/mol. The van der Waals surface area contributed by atoms with Crippen molar-refractivity contribution >= 4 is 15.9 Å². The molecule has 1 aliphatic rings. The second-order valence-electron chi connectivity index (χ2n) is 5.12. The molecular formula is C14H20N2O4S. The molecule has 0 radical (unpaired) electrons. The summed E-state index contributed by atoms with van der Waals surface area (Å²) in [6, 6.07) is 4.53. The smallest absolute Gasteiger partial charge is 0.251 e. The molecule has 1 atom stereocenters. The van der Waals surface area contributed by atoms with Crippen LogP contribution in [-0.2, 0) is 14.8 Å². The van der Waals surface area contributed by atoms with Gasteiger partial charge in [-0.05, 0) is 38.1 Å². The van der Waals surface area contributed by atoms with Crippen molar-refractivity contribution in [1.82, 2.24) is 10.0 Å². The van der Waals surface area contributed by atoms with Gasteiger partial charge in [0.1, 0.15) is 0 Å². The summed E-state index contributed by atoms with van der Waals surface area (Å²) >= 11 is 0. The van der Waals surface area contributed by atoms with Crippen molar-refractivity contribution < 1.29 is 17.9 Å². The Hall–Kier alpha value is -1.44. The van der Waals surface area contributed by atoms with E-state index < -0.39 is 10.0 Å². The quantitative estimate of drug-likeness (QED) is 0.837. The largest absolute Gasteiger partial charge is 0.381 e. The van der Waals surface area contributed by atoms with Gasteiger partial charge in [0.15, 0.2) is 0 Å². The third-order valence-corrected chi connectivity index (χ3v) is 5.02. The first-order valence-electron chi connectivity index (χ1n) is 6.84. The fourth-order valence-electron chi connectivity index (χ4n) is 2.21. The van der Waals surface area contributed by atoms with Crippen molar-refractivity contribution in [3.8, 4) is 0 Å². The number of hydrogen-bond donors (Lipinski definition) is 2. The van der Waals surface area contributed by atoms with E-state index in [4.69, 9.17) is 4.74 Å². The molecule has 116 valence electrons. The van der Waals surface area contributed by atoms with E-state index in [2.05, 4.69) is 10.0 Å². The van der Waals surface area contributed by atoms with Gasteiger partial charge in [-0.15, -0.1) is 0 Å². The van der Waals surface area contributed by atoms with Crippen LogP contribution < -0.4 is 10.0 Å². The van der Waals surface area contributed by atoms with Crippen molar-refractivity contribution in [3.05, 3.63) is 29.3 Å². The first-order valence-corrected chi connectivity index (χ1v) is 8.32. The van der Waals surface area contributed by atoms with Gasteiger partial charge in [-0.3, -0.25) is 4.79 Å². The Labute approximate surface area is 124 Å². The van der Waals surface area contributed by atoms with Crippen molar-refractivity contribution in [2.75, 3.05) is 26.8 Å². The maximum atomic E-state index is 12.2. The van der Waals surface area contributed by atoms with Crippen LogP contribution in [0.5, 0.6) is 0 Å². The van der Waals surface area contributed by atoms with Gasteiger partial charge in [-0.25, -0.2) is 13.1 Å². The van der Waals surface area contributed by atoms with Crippen LogP contribution in [0.15, 0.2) is 23.1 Å². The fraction of sp³-hybridized carbons (Fsp3) is 0.500. The van der Waals surface area contributed by atoms with Crippen molar-refractivity contribution in [3.63, 3.8) is 0 Å². The molecule has 2 rings (SSSR count). The Bertz CT molecular complexity index is 622. The van der Waals surface area contributed by atoms with Crippen LogP contribution in [0.3, 0.4) is 0 Å². The molecule has 1 aliphatic heterocycles. The summed E-state index contributed by atoms with van der Waals surface area (Å²) in [7, 11) is -2.21. The molecule has 1 heterocycles. The van der Waals surface area contributed by atoms with Crippen LogP contribution in [0.2, 0.25) is 0 Å². The van der Waals surface area contributed by atoms with E-state index in [1.807, 2.05) is 0 Å². The second-order valence-corrected chi connectivity index (χ2v) is 7.01. The van der Waals surface area contributed by atoms with Crippen molar-refractivity contribution in [2.45, 2.75) is 18.2 Å². The summed E-state index contributed by atoms with van der Waals surface area (Å²) in [6.07, 6.45) is 0.938. The lowest BCUT2D eigenvalue weighted by Crippen LogP contribution is -2.30. The van der Waals surface area contributed by atoms with Crippen LogP contribution in [0.1, 0.15) is 22.3 Å². The van der Waals surface area contributed by atoms with Gasteiger partial charge in [0.2, 0.25) is 10.0 Å². The standard InChI is InChI=1S/C14H20N2O4S/c1-10-3-4-12(21(18,19)15-2)7-13(10)14(17)16-8-11-5-6-20-9-11/h3-4,7,11,15H,5-6,8-9H2,1-2H3,(H,16,17). The van der Waals surface area contributed by atoms with Gasteiger partial charge < -0.3 is 10.1 Å². The molecule has 1 saturated heterocycles. The van der Waals surface area contributed by atoms with E-state index in [1.54, 1.807) is 13.0 Å². The Morgan fingerprint density at radius 1 is 1.43 bits per heavy atom. The minimum atomic E-state index is -3.55. The summed E-state index contributed by atoms with van der Waals surface area (Å²) in [5.41, 5.74) is 1.12.